The largest absolute Gasteiger partial charge is 0.356 e. The van der Waals surface area contributed by atoms with Gasteiger partial charge in [0, 0.05) is 27.7 Å². The van der Waals surface area contributed by atoms with Gasteiger partial charge < -0.3 is 10.2 Å². The van der Waals surface area contributed by atoms with Gasteiger partial charge in [0.2, 0.25) is 0 Å². The molecule has 17 heavy (non-hydrogen) atoms. The monoisotopic (exact) mass is 233 g/mol. The highest BCUT2D eigenvalue weighted by Crippen LogP contribution is 2.08. The lowest BCUT2D eigenvalue weighted by atomic mass is 10.1. The van der Waals surface area contributed by atoms with E-state index in [2.05, 4.69) is 42.4 Å². The van der Waals surface area contributed by atoms with Crippen LogP contribution in [0.2, 0.25) is 0 Å². The lowest BCUT2D eigenvalue weighted by Gasteiger charge is -2.16. The number of guanidine groups is 1. The molecule has 3 nitrogen and oxygen atoms in total. The molecule has 1 aromatic carbocycles. The maximum absolute atomic E-state index is 4.19. The quantitative estimate of drug-likeness (QED) is 0.638. The van der Waals surface area contributed by atoms with Crippen molar-refractivity contribution in [2.75, 3.05) is 27.7 Å². The Bertz CT molecular complexity index is 374. The van der Waals surface area contributed by atoms with E-state index >= 15 is 0 Å². The Morgan fingerprint density at radius 1 is 1.18 bits per heavy atom. The summed E-state index contributed by atoms with van der Waals surface area (Å²) in [5.74, 6) is 0.925. The molecule has 3 heteroatoms. The normalized spacial score (nSPS) is 11.5. The zero-order valence-electron chi connectivity index (χ0n) is 11.5. The highest BCUT2D eigenvalue weighted by Gasteiger charge is 2.00. The van der Waals surface area contributed by atoms with Crippen LogP contribution in [0.15, 0.2) is 23.2 Å². The van der Waals surface area contributed by atoms with E-state index in [1.807, 2.05) is 19.0 Å². The van der Waals surface area contributed by atoms with E-state index in [9.17, 15) is 0 Å². The Morgan fingerprint density at radius 2 is 1.76 bits per heavy atom. The number of hydrogen-bond acceptors (Lipinski definition) is 1. The van der Waals surface area contributed by atoms with Crippen molar-refractivity contribution in [3.8, 4) is 0 Å². The van der Waals surface area contributed by atoms with Gasteiger partial charge in [0.25, 0.3) is 0 Å². The third kappa shape index (κ3) is 4.47. The highest BCUT2D eigenvalue weighted by atomic mass is 15.3. The highest BCUT2D eigenvalue weighted by molar-refractivity contribution is 5.79. The van der Waals surface area contributed by atoms with Crippen molar-refractivity contribution < 1.29 is 0 Å². The number of benzene rings is 1. The summed E-state index contributed by atoms with van der Waals surface area (Å²) >= 11 is 0. The zero-order valence-corrected chi connectivity index (χ0v) is 11.5. The minimum atomic E-state index is 0.910. The molecule has 0 spiro atoms. The fourth-order valence-corrected chi connectivity index (χ4v) is 1.97. The van der Waals surface area contributed by atoms with Crippen molar-refractivity contribution in [1.82, 2.24) is 10.2 Å². The summed E-state index contributed by atoms with van der Waals surface area (Å²) in [5.41, 5.74) is 4.04. The predicted molar refractivity (Wildman–Crippen MR) is 74.7 cm³/mol. The van der Waals surface area contributed by atoms with Crippen molar-refractivity contribution in [2.24, 2.45) is 4.99 Å². The number of aryl methyl sites for hydroxylation is 2. The van der Waals surface area contributed by atoms with Gasteiger partial charge in [-0.15, -0.1) is 0 Å². The van der Waals surface area contributed by atoms with Crippen molar-refractivity contribution in [1.29, 1.82) is 0 Å². The molecule has 0 unspecified atom stereocenters. The summed E-state index contributed by atoms with van der Waals surface area (Å²) in [6, 6.07) is 6.69. The molecule has 1 N–H and O–H groups in total. The van der Waals surface area contributed by atoms with Crippen LogP contribution in [0.3, 0.4) is 0 Å². The van der Waals surface area contributed by atoms with E-state index in [1.54, 1.807) is 7.05 Å². The minimum Gasteiger partial charge on any atom is -0.356 e. The van der Waals surface area contributed by atoms with Gasteiger partial charge in [-0.2, -0.15) is 0 Å². The smallest absolute Gasteiger partial charge is 0.193 e. The molecule has 0 aliphatic rings. The van der Waals surface area contributed by atoms with E-state index in [-0.39, 0.29) is 0 Å². The maximum atomic E-state index is 4.19. The topological polar surface area (TPSA) is 27.6 Å². The van der Waals surface area contributed by atoms with E-state index in [0.717, 1.165) is 18.9 Å². The number of hydrogen-bond donors (Lipinski definition) is 1. The average molecular weight is 233 g/mol. The Balaban J connectivity index is 2.51. The molecule has 0 radical (unpaired) electrons. The molecule has 1 rings (SSSR count). The number of aliphatic imine (C=N–C) groups is 1. The zero-order chi connectivity index (χ0) is 12.8. The fourth-order valence-electron chi connectivity index (χ4n) is 1.97. The second-order valence-electron chi connectivity index (χ2n) is 4.61. The van der Waals surface area contributed by atoms with Gasteiger partial charge in [0.1, 0.15) is 0 Å². The van der Waals surface area contributed by atoms with Gasteiger partial charge in [-0.05, 0) is 25.8 Å². The van der Waals surface area contributed by atoms with Crippen molar-refractivity contribution in [2.45, 2.75) is 20.3 Å². The lowest BCUT2D eigenvalue weighted by molar-refractivity contribution is 0.583. The molecule has 0 aromatic heterocycles. The Morgan fingerprint density at radius 3 is 2.24 bits per heavy atom. The summed E-state index contributed by atoms with van der Waals surface area (Å²) in [5, 5.41) is 3.33. The number of nitrogens with zero attached hydrogens (tertiary/aromatic N) is 2. The third-order valence-electron chi connectivity index (χ3n) is 2.61. The average Bonchev–Trinajstić information content (AvgIpc) is 2.22. The van der Waals surface area contributed by atoms with Crippen LogP contribution in [0.5, 0.6) is 0 Å². The van der Waals surface area contributed by atoms with Crippen molar-refractivity contribution >= 4 is 5.96 Å². The van der Waals surface area contributed by atoms with Gasteiger partial charge in [-0.1, -0.05) is 29.3 Å². The molecule has 1 aromatic rings. The van der Waals surface area contributed by atoms with Crippen molar-refractivity contribution in [3.05, 3.63) is 34.9 Å². The van der Waals surface area contributed by atoms with Gasteiger partial charge in [0.05, 0.1) is 0 Å². The maximum Gasteiger partial charge on any atom is 0.193 e. The molecule has 0 amide bonds. The molecule has 0 bridgehead atoms. The van der Waals surface area contributed by atoms with Gasteiger partial charge in [-0.25, -0.2) is 0 Å². The van der Waals surface area contributed by atoms with Gasteiger partial charge in [0.15, 0.2) is 5.96 Å². The minimum absolute atomic E-state index is 0.910. The molecular weight excluding hydrogens is 210 g/mol. The van der Waals surface area contributed by atoms with Crippen molar-refractivity contribution in [3.63, 3.8) is 0 Å². The van der Waals surface area contributed by atoms with Crippen LogP contribution in [0.4, 0.5) is 0 Å². The standard InChI is InChI=1S/C14H23N3/c1-11-8-12(2)10-13(9-11)6-7-16-14(15-3)17(4)5/h8-10H,6-7H2,1-5H3,(H,15,16). The molecule has 0 aliphatic carbocycles. The van der Waals surface area contributed by atoms with Crippen LogP contribution in [-0.2, 0) is 6.42 Å². The molecule has 94 valence electrons. The first-order valence-corrected chi connectivity index (χ1v) is 5.98. The van der Waals surface area contributed by atoms with Crippen LogP contribution >= 0.6 is 0 Å². The summed E-state index contributed by atoms with van der Waals surface area (Å²) in [7, 11) is 5.79. The summed E-state index contributed by atoms with van der Waals surface area (Å²) in [6.45, 7) is 5.19. The molecule has 0 fully saturated rings. The molecule has 0 saturated carbocycles. The molecular formula is C14H23N3. The van der Waals surface area contributed by atoms with Gasteiger partial charge in [-0.3, -0.25) is 4.99 Å². The number of rotatable bonds is 3. The number of nitrogens with one attached hydrogen (secondary N) is 1. The van der Waals surface area contributed by atoms with E-state index in [0.29, 0.717) is 0 Å². The summed E-state index contributed by atoms with van der Waals surface area (Å²) in [4.78, 5) is 6.17. The first-order chi connectivity index (χ1) is 8.02. The van der Waals surface area contributed by atoms with Crippen LogP contribution in [0, 0.1) is 13.8 Å². The van der Waals surface area contributed by atoms with Crippen LogP contribution in [0.1, 0.15) is 16.7 Å². The van der Waals surface area contributed by atoms with Gasteiger partial charge >= 0.3 is 0 Å². The third-order valence-corrected chi connectivity index (χ3v) is 2.61. The summed E-state index contributed by atoms with van der Waals surface area (Å²) < 4.78 is 0. The van der Waals surface area contributed by atoms with E-state index in [1.165, 1.54) is 16.7 Å². The summed E-state index contributed by atoms with van der Waals surface area (Å²) in [6.07, 6.45) is 1.02. The van der Waals surface area contributed by atoms with E-state index in [4.69, 9.17) is 0 Å². The predicted octanol–water partition coefficient (Wildman–Crippen LogP) is 1.98. The second-order valence-corrected chi connectivity index (χ2v) is 4.61. The SMILES string of the molecule is CN=C(NCCc1cc(C)cc(C)c1)N(C)C. The van der Waals surface area contributed by atoms with Crippen LogP contribution in [0.25, 0.3) is 0 Å². The Hall–Kier alpha value is -1.51. The first kappa shape index (κ1) is 13.6. The molecule has 0 atom stereocenters. The second kappa shape index (κ2) is 6.28. The Labute approximate surface area is 105 Å². The van der Waals surface area contributed by atoms with E-state index < -0.39 is 0 Å². The molecule has 0 saturated heterocycles. The molecule has 0 heterocycles. The Kier molecular flexibility index (Phi) is 5.01. The first-order valence-electron chi connectivity index (χ1n) is 5.98. The molecule has 0 aliphatic heterocycles. The van der Waals surface area contributed by atoms with Crippen LogP contribution in [-0.4, -0.2) is 38.5 Å². The lowest BCUT2D eigenvalue weighted by Crippen LogP contribution is -2.37. The fraction of sp³-hybridized carbons (Fsp3) is 0.500. The van der Waals surface area contributed by atoms with Crippen LogP contribution < -0.4 is 5.32 Å².